The van der Waals surface area contributed by atoms with E-state index in [4.69, 9.17) is 0 Å². The number of likely N-dealkylation sites (tertiary alicyclic amines) is 1. The standard InChI is InChI=1S/C13H25N3O.ClH/c1-10(2)7-15-13(17)9-16-6-4-12-11(8-16)3-5-14-12;/h10-12,14H,3-9H2,1-2H3,(H,15,17);1H. The summed E-state index contributed by atoms with van der Waals surface area (Å²) in [5.41, 5.74) is 0. The summed E-state index contributed by atoms with van der Waals surface area (Å²) in [5.74, 6) is 1.48. The van der Waals surface area contributed by atoms with Gasteiger partial charge in [0.15, 0.2) is 0 Å². The maximum Gasteiger partial charge on any atom is 0.234 e. The molecule has 2 aliphatic heterocycles. The highest BCUT2D eigenvalue weighted by molar-refractivity contribution is 5.85. The molecule has 2 rings (SSSR count). The molecule has 2 atom stereocenters. The van der Waals surface area contributed by atoms with Crippen LogP contribution in [0.15, 0.2) is 0 Å². The van der Waals surface area contributed by atoms with Gasteiger partial charge in [-0.25, -0.2) is 0 Å². The molecule has 2 saturated heterocycles. The van der Waals surface area contributed by atoms with Crippen molar-refractivity contribution in [2.75, 3.05) is 32.7 Å². The van der Waals surface area contributed by atoms with Gasteiger partial charge in [-0.3, -0.25) is 9.69 Å². The molecule has 2 unspecified atom stereocenters. The van der Waals surface area contributed by atoms with Crippen LogP contribution in [0.2, 0.25) is 0 Å². The number of fused-ring (bicyclic) bond motifs is 1. The minimum atomic E-state index is 0. The Morgan fingerprint density at radius 2 is 2.22 bits per heavy atom. The van der Waals surface area contributed by atoms with Crippen molar-refractivity contribution in [2.24, 2.45) is 11.8 Å². The van der Waals surface area contributed by atoms with E-state index in [0.717, 1.165) is 32.1 Å². The smallest absolute Gasteiger partial charge is 0.234 e. The molecule has 5 heteroatoms. The number of carbonyl (C=O) groups is 1. The second-order valence-corrected chi connectivity index (χ2v) is 5.83. The van der Waals surface area contributed by atoms with E-state index in [1.165, 1.54) is 12.8 Å². The maximum absolute atomic E-state index is 11.7. The first-order chi connectivity index (χ1) is 8.15. The molecule has 0 aromatic carbocycles. The van der Waals surface area contributed by atoms with Crippen LogP contribution < -0.4 is 10.6 Å². The monoisotopic (exact) mass is 275 g/mol. The van der Waals surface area contributed by atoms with Gasteiger partial charge in [0, 0.05) is 25.7 Å². The normalized spacial score (nSPS) is 27.7. The van der Waals surface area contributed by atoms with Gasteiger partial charge in [-0.1, -0.05) is 13.8 Å². The number of amides is 1. The third kappa shape index (κ3) is 4.41. The fourth-order valence-electron chi connectivity index (χ4n) is 2.84. The molecule has 0 radical (unpaired) electrons. The molecule has 0 bridgehead atoms. The average Bonchev–Trinajstić information content (AvgIpc) is 2.73. The average molecular weight is 276 g/mol. The minimum absolute atomic E-state index is 0. The van der Waals surface area contributed by atoms with Crippen LogP contribution in [0.25, 0.3) is 0 Å². The molecule has 0 aliphatic carbocycles. The third-order valence-electron chi connectivity index (χ3n) is 3.81. The first-order valence-electron chi connectivity index (χ1n) is 6.87. The van der Waals surface area contributed by atoms with Gasteiger partial charge < -0.3 is 10.6 Å². The summed E-state index contributed by atoms with van der Waals surface area (Å²) >= 11 is 0. The maximum atomic E-state index is 11.7. The molecule has 106 valence electrons. The fraction of sp³-hybridized carbons (Fsp3) is 0.923. The highest BCUT2D eigenvalue weighted by Crippen LogP contribution is 2.24. The Morgan fingerprint density at radius 3 is 2.94 bits per heavy atom. The van der Waals surface area contributed by atoms with Crippen molar-refractivity contribution in [1.29, 1.82) is 0 Å². The number of rotatable bonds is 4. The second-order valence-electron chi connectivity index (χ2n) is 5.83. The molecule has 2 aliphatic rings. The fourth-order valence-corrected chi connectivity index (χ4v) is 2.84. The van der Waals surface area contributed by atoms with Crippen LogP contribution in [0.4, 0.5) is 0 Å². The minimum Gasteiger partial charge on any atom is -0.355 e. The molecule has 0 aromatic rings. The van der Waals surface area contributed by atoms with Gasteiger partial charge in [-0.15, -0.1) is 12.4 Å². The van der Waals surface area contributed by atoms with Crippen molar-refractivity contribution in [3.8, 4) is 0 Å². The van der Waals surface area contributed by atoms with Gasteiger partial charge in [-0.2, -0.15) is 0 Å². The number of carbonyl (C=O) groups excluding carboxylic acids is 1. The van der Waals surface area contributed by atoms with Crippen molar-refractivity contribution in [1.82, 2.24) is 15.5 Å². The number of nitrogens with one attached hydrogen (secondary N) is 2. The Balaban J connectivity index is 0.00000162. The van der Waals surface area contributed by atoms with Crippen molar-refractivity contribution in [3.05, 3.63) is 0 Å². The van der Waals surface area contributed by atoms with Crippen LogP contribution in [0.5, 0.6) is 0 Å². The molecule has 2 heterocycles. The lowest BCUT2D eigenvalue weighted by atomic mass is 9.93. The van der Waals surface area contributed by atoms with Crippen LogP contribution in [-0.4, -0.2) is 49.6 Å². The summed E-state index contributed by atoms with van der Waals surface area (Å²) < 4.78 is 0. The molecule has 1 amide bonds. The Kier molecular flexibility index (Phi) is 6.39. The molecule has 18 heavy (non-hydrogen) atoms. The van der Waals surface area contributed by atoms with Crippen molar-refractivity contribution >= 4 is 18.3 Å². The quantitative estimate of drug-likeness (QED) is 0.800. The molecular formula is C13H26ClN3O. The molecule has 0 aromatic heterocycles. The predicted molar refractivity (Wildman–Crippen MR) is 76.1 cm³/mol. The molecular weight excluding hydrogens is 250 g/mol. The van der Waals surface area contributed by atoms with E-state index in [2.05, 4.69) is 29.4 Å². The van der Waals surface area contributed by atoms with E-state index in [-0.39, 0.29) is 18.3 Å². The van der Waals surface area contributed by atoms with Crippen LogP contribution in [0.3, 0.4) is 0 Å². The predicted octanol–water partition coefficient (Wildman–Crippen LogP) is 0.864. The first-order valence-corrected chi connectivity index (χ1v) is 6.87. The summed E-state index contributed by atoms with van der Waals surface area (Å²) in [4.78, 5) is 14.0. The Hall–Kier alpha value is -0.320. The van der Waals surface area contributed by atoms with E-state index in [1.54, 1.807) is 0 Å². The van der Waals surface area contributed by atoms with Gasteiger partial charge in [-0.05, 0) is 31.2 Å². The van der Waals surface area contributed by atoms with Crippen LogP contribution >= 0.6 is 12.4 Å². The number of hydrogen-bond acceptors (Lipinski definition) is 3. The third-order valence-corrected chi connectivity index (χ3v) is 3.81. The Morgan fingerprint density at radius 1 is 1.44 bits per heavy atom. The largest absolute Gasteiger partial charge is 0.355 e. The lowest BCUT2D eigenvalue weighted by molar-refractivity contribution is -0.122. The Labute approximate surface area is 116 Å². The van der Waals surface area contributed by atoms with Crippen LogP contribution in [0.1, 0.15) is 26.7 Å². The van der Waals surface area contributed by atoms with Crippen LogP contribution in [0, 0.1) is 11.8 Å². The van der Waals surface area contributed by atoms with E-state index in [0.29, 0.717) is 18.5 Å². The lowest BCUT2D eigenvalue weighted by Crippen LogP contribution is -2.48. The van der Waals surface area contributed by atoms with Crippen molar-refractivity contribution in [2.45, 2.75) is 32.7 Å². The highest BCUT2D eigenvalue weighted by Gasteiger charge is 2.32. The van der Waals surface area contributed by atoms with Gasteiger partial charge in [0.25, 0.3) is 0 Å². The zero-order chi connectivity index (χ0) is 12.3. The molecule has 2 N–H and O–H groups in total. The van der Waals surface area contributed by atoms with E-state index in [1.807, 2.05) is 0 Å². The second kappa shape index (κ2) is 7.31. The summed E-state index contributed by atoms with van der Waals surface area (Å²) in [6, 6.07) is 0.713. The van der Waals surface area contributed by atoms with E-state index < -0.39 is 0 Å². The lowest BCUT2D eigenvalue weighted by Gasteiger charge is -2.34. The summed E-state index contributed by atoms with van der Waals surface area (Å²) in [6.45, 7) is 8.92. The zero-order valence-electron chi connectivity index (χ0n) is 11.4. The van der Waals surface area contributed by atoms with E-state index >= 15 is 0 Å². The van der Waals surface area contributed by atoms with Crippen molar-refractivity contribution < 1.29 is 4.79 Å². The van der Waals surface area contributed by atoms with Gasteiger partial charge >= 0.3 is 0 Å². The van der Waals surface area contributed by atoms with Gasteiger partial charge in [0.05, 0.1) is 6.54 Å². The number of halogens is 1. The SMILES string of the molecule is CC(C)CNC(=O)CN1CCC2NCCC2C1.Cl. The van der Waals surface area contributed by atoms with Gasteiger partial charge in [0.2, 0.25) is 5.91 Å². The highest BCUT2D eigenvalue weighted by atomic mass is 35.5. The Bertz CT molecular complexity index is 273. The molecule has 0 spiro atoms. The van der Waals surface area contributed by atoms with Crippen molar-refractivity contribution in [3.63, 3.8) is 0 Å². The van der Waals surface area contributed by atoms with E-state index in [9.17, 15) is 4.79 Å². The number of piperidine rings is 1. The first kappa shape index (κ1) is 15.7. The number of nitrogens with zero attached hydrogens (tertiary/aromatic N) is 1. The summed E-state index contributed by atoms with van der Waals surface area (Å²) in [7, 11) is 0. The molecule has 2 fully saturated rings. The van der Waals surface area contributed by atoms with Crippen LogP contribution in [-0.2, 0) is 4.79 Å². The molecule has 4 nitrogen and oxygen atoms in total. The molecule has 0 saturated carbocycles. The number of hydrogen-bond donors (Lipinski definition) is 2. The van der Waals surface area contributed by atoms with Gasteiger partial charge in [0.1, 0.15) is 0 Å². The summed E-state index contributed by atoms with van der Waals surface area (Å²) in [6.07, 6.45) is 2.47. The summed E-state index contributed by atoms with van der Waals surface area (Å²) in [5, 5.41) is 6.54. The topological polar surface area (TPSA) is 44.4 Å². The zero-order valence-corrected chi connectivity index (χ0v) is 12.3.